The van der Waals surface area contributed by atoms with E-state index in [1.807, 2.05) is 0 Å². The van der Waals surface area contributed by atoms with E-state index in [0.29, 0.717) is 42.3 Å². The second kappa shape index (κ2) is 9.70. The summed E-state index contributed by atoms with van der Waals surface area (Å²) in [4.78, 5) is 26.3. The van der Waals surface area contributed by atoms with Crippen LogP contribution in [0.1, 0.15) is 127 Å². The molecule has 0 heterocycles. The molecule has 5 aliphatic rings. The fourth-order valence-corrected chi connectivity index (χ4v) is 11.0. The van der Waals surface area contributed by atoms with Crippen LogP contribution in [0.3, 0.4) is 0 Å². The van der Waals surface area contributed by atoms with Crippen molar-refractivity contribution < 1.29 is 14.3 Å². The first-order valence-electron chi connectivity index (χ1n) is 16.3. The summed E-state index contributed by atoms with van der Waals surface area (Å²) in [5.74, 6) is 2.43. The Kier molecular flexibility index (Phi) is 7.24. The number of carbonyl (C=O) groups excluding carboxylic acids is 2. The highest BCUT2D eigenvalue weighted by Gasteiger charge is 2.64. The van der Waals surface area contributed by atoms with Gasteiger partial charge < -0.3 is 4.74 Å². The molecule has 0 saturated heterocycles. The normalized spacial score (nSPS) is 40.9. The van der Waals surface area contributed by atoms with Gasteiger partial charge in [0.2, 0.25) is 0 Å². The van der Waals surface area contributed by atoms with Crippen LogP contribution in [0.15, 0.2) is 34.9 Å². The summed E-state index contributed by atoms with van der Waals surface area (Å²) >= 11 is 0. The molecule has 3 fully saturated rings. The third kappa shape index (κ3) is 4.43. The van der Waals surface area contributed by atoms with E-state index < -0.39 is 0 Å². The van der Waals surface area contributed by atoms with Gasteiger partial charge in [-0.25, -0.2) is 0 Å². The first-order valence-corrected chi connectivity index (χ1v) is 16.3. The van der Waals surface area contributed by atoms with Gasteiger partial charge in [-0.2, -0.15) is 0 Å². The van der Waals surface area contributed by atoms with Gasteiger partial charge in [-0.3, -0.25) is 9.59 Å². The third-order valence-corrected chi connectivity index (χ3v) is 12.3. The van der Waals surface area contributed by atoms with Gasteiger partial charge in [0.15, 0.2) is 5.78 Å². The number of Topliss-reactive ketones (excluding diaryl/α,β-unsaturated/α-hetero) is 1. The maximum Gasteiger partial charge on any atom is 0.306 e. The standard InChI is InChI=1S/C37H56O3/c1-11-17-37-20-14-25-24(32(37)31(23(2)3)26(38)21-37)12-13-28-35(25,9)18-15-27-34(7,8)29(16-19-36(27,28)10)40-30(39)22-33(4,5)6/h11,15,17,23-25,28-29H,12-14,16,18-22H2,1-10H3/b17-11+. The molecule has 7 unspecified atom stereocenters. The summed E-state index contributed by atoms with van der Waals surface area (Å²) in [7, 11) is 0. The van der Waals surface area contributed by atoms with E-state index in [2.05, 4.69) is 87.5 Å². The Bertz CT molecular complexity index is 1160. The summed E-state index contributed by atoms with van der Waals surface area (Å²) in [6.45, 7) is 22.7. The van der Waals surface area contributed by atoms with Crippen LogP contribution in [0, 0.1) is 50.7 Å². The quantitative estimate of drug-likeness (QED) is 0.260. The fraction of sp³-hybridized carbons (Fsp3) is 0.784. The van der Waals surface area contributed by atoms with E-state index in [-0.39, 0.29) is 39.1 Å². The van der Waals surface area contributed by atoms with Crippen LogP contribution in [0.2, 0.25) is 0 Å². The Morgan fingerprint density at radius 1 is 1.07 bits per heavy atom. The number of allylic oxidation sites excluding steroid dienone is 5. The van der Waals surface area contributed by atoms with Crippen molar-refractivity contribution >= 4 is 11.8 Å². The molecule has 5 aliphatic carbocycles. The van der Waals surface area contributed by atoms with Gasteiger partial charge in [0, 0.05) is 17.3 Å². The minimum Gasteiger partial charge on any atom is -0.461 e. The molecule has 40 heavy (non-hydrogen) atoms. The minimum atomic E-state index is -0.155. The van der Waals surface area contributed by atoms with Gasteiger partial charge in [-0.1, -0.05) is 86.1 Å². The summed E-state index contributed by atoms with van der Waals surface area (Å²) < 4.78 is 6.23. The van der Waals surface area contributed by atoms with E-state index in [1.54, 1.807) is 0 Å². The van der Waals surface area contributed by atoms with Gasteiger partial charge in [0.25, 0.3) is 0 Å². The van der Waals surface area contributed by atoms with Crippen molar-refractivity contribution in [3.8, 4) is 0 Å². The Labute approximate surface area is 244 Å². The molecule has 0 aromatic heterocycles. The van der Waals surface area contributed by atoms with Crippen molar-refractivity contribution in [2.24, 2.45) is 50.7 Å². The summed E-state index contributed by atoms with van der Waals surface area (Å²) in [5, 5.41) is 0. The van der Waals surface area contributed by atoms with Gasteiger partial charge in [-0.15, -0.1) is 0 Å². The first-order chi connectivity index (χ1) is 18.5. The van der Waals surface area contributed by atoms with E-state index >= 15 is 0 Å². The zero-order valence-electron chi connectivity index (χ0n) is 27.2. The molecule has 3 nitrogen and oxygen atoms in total. The third-order valence-electron chi connectivity index (χ3n) is 12.3. The second-order valence-corrected chi connectivity index (χ2v) is 16.8. The van der Waals surface area contributed by atoms with Crippen molar-refractivity contribution in [3.63, 3.8) is 0 Å². The van der Waals surface area contributed by atoms with Crippen LogP contribution in [0.5, 0.6) is 0 Å². The predicted octanol–water partition coefficient (Wildman–Crippen LogP) is 9.42. The average molecular weight is 549 g/mol. The monoisotopic (exact) mass is 548 g/mol. The topological polar surface area (TPSA) is 43.4 Å². The summed E-state index contributed by atoms with van der Waals surface area (Å²) in [6, 6.07) is 0. The maximum atomic E-state index is 13.5. The molecule has 0 radical (unpaired) electrons. The number of hydrogen-bond acceptors (Lipinski definition) is 3. The summed E-state index contributed by atoms with van der Waals surface area (Å²) in [6.07, 6.45) is 16.2. The van der Waals surface area contributed by atoms with Crippen molar-refractivity contribution in [3.05, 3.63) is 34.9 Å². The SMILES string of the molecule is C/C=C/C12CCC3C(CCC4C5(C)CCC(OC(=O)CC(C)(C)C)C(C)(C)C5=CCC34C)C1=C(C(C)C)C(=O)C2. The van der Waals surface area contributed by atoms with Crippen molar-refractivity contribution in [1.82, 2.24) is 0 Å². The highest BCUT2D eigenvalue weighted by molar-refractivity contribution is 6.01. The van der Waals surface area contributed by atoms with E-state index in [1.165, 1.54) is 36.0 Å². The molecule has 0 N–H and O–H groups in total. The van der Waals surface area contributed by atoms with E-state index in [9.17, 15) is 9.59 Å². The minimum absolute atomic E-state index is 0.0354. The molecule has 0 aliphatic heterocycles. The zero-order valence-corrected chi connectivity index (χ0v) is 27.2. The van der Waals surface area contributed by atoms with Crippen molar-refractivity contribution in [2.45, 2.75) is 133 Å². The van der Waals surface area contributed by atoms with Gasteiger partial charge in [0.05, 0.1) is 6.42 Å². The number of esters is 1. The Balaban J connectivity index is 1.48. The molecule has 222 valence electrons. The number of rotatable bonds is 4. The summed E-state index contributed by atoms with van der Waals surface area (Å²) in [5.41, 5.74) is 4.36. The molecule has 0 bridgehead atoms. The molecule has 0 amide bonds. The lowest BCUT2D eigenvalue weighted by molar-refractivity contribution is -0.163. The molecule has 3 saturated carbocycles. The average Bonchev–Trinajstić information content (AvgIpc) is 3.12. The van der Waals surface area contributed by atoms with Crippen molar-refractivity contribution in [1.29, 1.82) is 0 Å². The highest BCUT2D eigenvalue weighted by atomic mass is 16.5. The van der Waals surface area contributed by atoms with Crippen LogP contribution in [0.4, 0.5) is 0 Å². The molecule has 0 aromatic rings. The van der Waals surface area contributed by atoms with Crippen molar-refractivity contribution in [2.75, 3.05) is 0 Å². The molecular weight excluding hydrogens is 492 g/mol. The smallest absolute Gasteiger partial charge is 0.306 e. The Hall–Kier alpha value is -1.64. The van der Waals surface area contributed by atoms with Crippen LogP contribution in [-0.2, 0) is 14.3 Å². The van der Waals surface area contributed by atoms with Gasteiger partial charge in [0.1, 0.15) is 6.10 Å². The maximum absolute atomic E-state index is 13.5. The number of hydrogen-bond donors (Lipinski definition) is 0. The van der Waals surface area contributed by atoms with Gasteiger partial charge in [-0.05, 0) is 103 Å². The largest absolute Gasteiger partial charge is 0.461 e. The Morgan fingerprint density at radius 3 is 2.40 bits per heavy atom. The first kappa shape index (κ1) is 29.8. The van der Waals surface area contributed by atoms with Crippen LogP contribution in [0.25, 0.3) is 0 Å². The number of carbonyl (C=O) groups is 2. The molecule has 0 spiro atoms. The van der Waals surface area contributed by atoms with Crippen LogP contribution >= 0.6 is 0 Å². The Morgan fingerprint density at radius 2 is 1.77 bits per heavy atom. The number of ketones is 1. The van der Waals surface area contributed by atoms with Crippen LogP contribution in [-0.4, -0.2) is 17.9 Å². The van der Waals surface area contributed by atoms with Crippen LogP contribution < -0.4 is 0 Å². The predicted molar refractivity (Wildman–Crippen MR) is 164 cm³/mol. The molecule has 0 aromatic carbocycles. The lowest BCUT2D eigenvalue weighted by Gasteiger charge is -2.65. The van der Waals surface area contributed by atoms with E-state index in [0.717, 1.165) is 25.7 Å². The van der Waals surface area contributed by atoms with Gasteiger partial charge >= 0.3 is 5.97 Å². The molecule has 5 rings (SSSR count). The zero-order chi connectivity index (χ0) is 29.5. The molecule has 7 atom stereocenters. The highest BCUT2D eigenvalue weighted by Crippen LogP contribution is 2.71. The number of fused-ring (bicyclic) bond motifs is 7. The second-order valence-electron chi connectivity index (χ2n) is 16.8. The fourth-order valence-electron chi connectivity index (χ4n) is 11.0. The molecule has 3 heteroatoms. The lowest BCUT2D eigenvalue weighted by atomic mass is 9.39. The molecular formula is C37H56O3. The number of ether oxygens (including phenoxy) is 1. The lowest BCUT2D eigenvalue weighted by Crippen LogP contribution is -2.58. The van der Waals surface area contributed by atoms with E-state index in [4.69, 9.17) is 4.74 Å².